The van der Waals surface area contributed by atoms with Crippen molar-refractivity contribution in [2.24, 2.45) is 0 Å². The zero-order valence-corrected chi connectivity index (χ0v) is 15.3. The fourth-order valence-corrected chi connectivity index (χ4v) is 3.58. The Bertz CT molecular complexity index is 679. The first-order valence-electron chi connectivity index (χ1n) is 8.78. The van der Waals surface area contributed by atoms with Gasteiger partial charge in [0.25, 0.3) is 0 Å². The molecule has 25 heavy (non-hydrogen) atoms. The average Bonchev–Trinajstić information content (AvgIpc) is 2.67. The number of piperidine rings is 1. The van der Waals surface area contributed by atoms with Gasteiger partial charge >= 0.3 is 0 Å². The summed E-state index contributed by atoms with van der Waals surface area (Å²) >= 11 is 6.03. The first-order valence-corrected chi connectivity index (χ1v) is 9.16. The van der Waals surface area contributed by atoms with Gasteiger partial charge in [-0.05, 0) is 36.1 Å². The highest BCUT2D eigenvalue weighted by molar-refractivity contribution is 6.30. The fourth-order valence-electron chi connectivity index (χ4n) is 3.45. The van der Waals surface area contributed by atoms with E-state index in [0.29, 0.717) is 11.4 Å². The Hall–Kier alpha value is -1.84. The standard InChI is InChI=1S/C21H24ClNO2/c1-25-19-11-13-23(14-12-19)21(24)15-20(16-5-3-2-4-6-16)17-7-9-18(22)10-8-17/h2-10,19-20H,11-15H2,1H3. The molecule has 0 saturated carbocycles. The highest BCUT2D eigenvalue weighted by atomic mass is 35.5. The zero-order valence-electron chi connectivity index (χ0n) is 14.5. The van der Waals surface area contributed by atoms with Crippen LogP contribution in [0.3, 0.4) is 0 Å². The van der Waals surface area contributed by atoms with E-state index in [2.05, 4.69) is 12.1 Å². The molecule has 3 rings (SSSR count). The Balaban J connectivity index is 1.76. The molecule has 1 aliphatic rings. The number of benzene rings is 2. The van der Waals surface area contributed by atoms with E-state index in [-0.39, 0.29) is 17.9 Å². The second-order valence-corrected chi connectivity index (χ2v) is 6.97. The summed E-state index contributed by atoms with van der Waals surface area (Å²) in [6, 6.07) is 18.0. The van der Waals surface area contributed by atoms with Crippen LogP contribution in [0, 0.1) is 0 Å². The number of halogens is 1. The van der Waals surface area contributed by atoms with Crippen molar-refractivity contribution in [2.45, 2.75) is 31.3 Å². The molecule has 4 heteroatoms. The molecule has 1 fully saturated rings. The molecule has 1 unspecified atom stereocenters. The lowest BCUT2D eigenvalue weighted by atomic mass is 9.88. The van der Waals surface area contributed by atoms with E-state index >= 15 is 0 Å². The maximum absolute atomic E-state index is 12.9. The van der Waals surface area contributed by atoms with E-state index in [0.717, 1.165) is 37.1 Å². The van der Waals surface area contributed by atoms with Crippen LogP contribution in [0.1, 0.15) is 36.3 Å². The van der Waals surface area contributed by atoms with Crippen molar-refractivity contribution in [3.05, 3.63) is 70.7 Å². The molecule has 1 saturated heterocycles. The van der Waals surface area contributed by atoms with Crippen molar-refractivity contribution in [2.75, 3.05) is 20.2 Å². The summed E-state index contributed by atoms with van der Waals surface area (Å²) in [5.74, 6) is 0.254. The summed E-state index contributed by atoms with van der Waals surface area (Å²) in [4.78, 5) is 14.8. The van der Waals surface area contributed by atoms with Gasteiger partial charge in [-0.3, -0.25) is 4.79 Å². The number of ether oxygens (including phenoxy) is 1. The highest BCUT2D eigenvalue weighted by Gasteiger charge is 2.26. The van der Waals surface area contributed by atoms with Crippen LogP contribution in [0.2, 0.25) is 5.02 Å². The van der Waals surface area contributed by atoms with Crippen LogP contribution in [-0.2, 0) is 9.53 Å². The smallest absolute Gasteiger partial charge is 0.223 e. The van der Waals surface area contributed by atoms with Crippen LogP contribution in [0.25, 0.3) is 0 Å². The molecule has 0 aliphatic carbocycles. The van der Waals surface area contributed by atoms with Gasteiger partial charge in [-0.25, -0.2) is 0 Å². The monoisotopic (exact) mass is 357 g/mol. The number of rotatable bonds is 5. The van der Waals surface area contributed by atoms with Crippen LogP contribution < -0.4 is 0 Å². The van der Waals surface area contributed by atoms with Crippen molar-refractivity contribution in [3.8, 4) is 0 Å². The Morgan fingerprint density at radius 2 is 1.68 bits per heavy atom. The van der Waals surface area contributed by atoms with Gasteiger partial charge in [-0.1, -0.05) is 54.1 Å². The molecular weight excluding hydrogens is 334 g/mol. The molecule has 3 nitrogen and oxygen atoms in total. The molecule has 0 aromatic heterocycles. The first kappa shape index (κ1) is 18.0. The number of methoxy groups -OCH3 is 1. The Morgan fingerprint density at radius 3 is 2.28 bits per heavy atom. The summed E-state index contributed by atoms with van der Waals surface area (Å²) in [5.41, 5.74) is 2.28. The van der Waals surface area contributed by atoms with Crippen molar-refractivity contribution in [3.63, 3.8) is 0 Å². The van der Waals surface area contributed by atoms with Gasteiger partial charge in [0.15, 0.2) is 0 Å². The molecule has 1 aliphatic heterocycles. The molecule has 1 heterocycles. The van der Waals surface area contributed by atoms with Crippen LogP contribution in [-0.4, -0.2) is 37.1 Å². The number of hydrogen-bond acceptors (Lipinski definition) is 2. The number of carbonyl (C=O) groups excluding carboxylic acids is 1. The van der Waals surface area contributed by atoms with Gasteiger partial charge in [0.2, 0.25) is 5.91 Å². The third kappa shape index (κ3) is 4.62. The average molecular weight is 358 g/mol. The molecule has 1 amide bonds. The number of hydrogen-bond donors (Lipinski definition) is 0. The Labute approximate surface area is 154 Å². The number of carbonyl (C=O) groups is 1. The SMILES string of the molecule is COC1CCN(C(=O)CC(c2ccccc2)c2ccc(Cl)cc2)CC1. The minimum Gasteiger partial charge on any atom is -0.381 e. The minimum absolute atomic E-state index is 0.0473. The number of amides is 1. The molecule has 1 atom stereocenters. The number of nitrogens with zero attached hydrogens (tertiary/aromatic N) is 1. The van der Waals surface area contributed by atoms with Crippen molar-refractivity contribution >= 4 is 17.5 Å². The van der Waals surface area contributed by atoms with Crippen LogP contribution >= 0.6 is 11.6 Å². The topological polar surface area (TPSA) is 29.5 Å². The lowest BCUT2D eigenvalue weighted by Crippen LogP contribution is -2.41. The normalized spacial score (nSPS) is 16.6. The molecule has 0 bridgehead atoms. The molecule has 0 spiro atoms. The van der Waals surface area contributed by atoms with Crippen LogP contribution in [0.4, 0.5) is 0 Å². The van der Waals surface area contributed by atoms with Crippen LogP contribution in [0.15, 0.2) is 54.6 Å². The lowest BCUT2D eigenvalue weighted by Gasteiger charge is -2.32. The number of likely N-dealkylation sites (tertiary alicyclic amines) is 1. The molecule has 2 aromatic carbocycles. The summed E-state index contributed by atoms with van der Waals surface area (Å²) in [6.07, 6.45) is 2.59. The maximum Gasteiger partial charge on any atom is 0.223 e. The van der Waals surface area contributed by atoms with Gasteiger partial charge < -0.3 is 9.64 Å². The zero-order chi connectivity index (χ0) is 17.6. The summed E-state index contributed by atoms with van der Waals surface area (Å²) in [7, 11) is 1.74. The molecule has 132 valence electrons. The van der Waals surface area contributed by atoms with Gasteiger partial charge in [0.1, 0.15) is 0 Å². The lowest BCUT2D eigenvalue weighted by molar-refractivity contribution is -0.133. The quantitative estimate of drug-likeness (QED) is 0.788. The van der Waals surface area contributed by atoms with Gasteiger partial charge in [-0.2, -0.15) is 0 Å². The van der Waals surface area contributed by atoms with Crippen molar-refractivity contribution < 1.29 is 9.53 Å². The molecular formula is C21H24ClNO2. The minimum atomic E-state index is 0.0473. The van der Waals surface area contributed by atoms with Gasteiger partial charge in [0.05, 0.1) is 6.10 Å². The fraction of sp³-hybridized carbons (Fsp3) is 0.381. The van der Waals surface area contributed by atoms with E-state index in [1.165, 1.54) is 0 Å². The van der Waals surface area contributed by atoms with Crippen molar-refractivity contribution in [1.82, 2.24) is 4.90 Å². The first-order chi connectivity index (χ1) is 12.2. The second kappa shape index (κ2) is 8.50. The summed E-state index contributed by atoms with van der Waals surface area (Å²) in [5, 5.41) is 0.712. The molecule has 0 radical (unpaired) electrons. The summed E-state index contributed by atoms with van der Waals surface area (Å²) < 4.78 is 5.40. The van der Waals surface area contributed by atoms with Crippen LogP contribution in [0.5, 0.6) is 0 Å². The molecule has 0 N–H and O–H groups in total. The van der Waals surface area contributed by atoms with E-state index < -0.39 is 0 Å². The van der Waals surface area contributed by atoms with E-state index in [1.807, 2.05) is 47.4 Å². The third-order valence-electron chi connectivity index (χ3n) is 4.98. The molecule has 2 aromatic rings. The van der Waals surface area contributed by atoms with E-state index in [9.17, 15) is 4.79 Å². The van der Waals surface area contributed by atoms with Crippen molar-refractivity contribution in [1.29, 1.82) is 0 Å². The predicted molar refractivity (Wildman–Crippen MR) is 101 cm³/mol. The Kier molecular flexibility index (Phi) is 6.11. The maximum atomic E-state index is 12.9. The Morgan fingerprint density at radius 1 is 1.08 bits per heavy atom. The van der Waals surface area contributed by atoms with E-state index in [1.54, 1.807) is 7.11 Å². The highest BCUT2D eigenvalue weighted by Crippen LogP contribution is 2.30. The third-order valence-corrected chi connectivity index (χ3v) is 5.23. The van der Waals surface area contributed by atoms with Gasteiger partial charge in [0, 0.05) is 37.6 Å². The predicted octanol–water partition coefficient (Wildman–Crippen LogP) is 4.50. The largest absolute Gasteiger partial charge is 0.381 e. The summed E-state index contributed by atoms with van der Waals surface area (Å²) in [6.45, 7) is 1.55. The second-order valence-electron chi connectivity index (χ2n) is 6.53. The van der Waals surface area contributed by atoms with E-state index in [4.69, 9.17) is 16.3 Å². The van der Waals surface area contributed by atoms with Gasteiger partial charge in [-0.15, -0.1) is 0 Å².